The third-order valence-electron chi connectivity index (χ3n) is 3.90. The maximum Gasteiger partial charge on any atom is 0.169 e. The molecule has 0 amide bonds. The Morgan fingerprint density at radius 3 is 3.09 bits per heavy atom. The van der Waals surface area contributed by atoms with Crippen molar-refractivity contribution >= 4 is 22.8 Å². The number of ether oxygens (including phenoxy) is 1. The number of nitriles is 1. The van der Waals surface area contributed by atoms with Gasteiger partial charge in [0.15, 0.2) is 11.5 Å². The number of pyridine rings is 1. The number of nitrogens with zero attached hydrogens (tertiary/aromatic N) is 5. The topological polar surface area (TPSA) is 66.5 Å². The molecule has 116 valence electrons. The fourth-order valence-corrected chi connectivity index (χ4v) is 3.65. The number of rotatable bonds is 2. The van der Waals surface area contributed by atoms with Gasteiger partial charge in [-0.1, -0.05) is 6.07 Å². The van der Waals surface area contributed by atoms with Crippen LogP contribution in [0.1, 0.15) is 22.5 Å². The first-order valence-corrected chi connectivity index (χ1v) is 8.30. The number of morpholine rings is 1. The molecular weight excluding hydrogens is 310 g/mol. The van der Waals surface area contributed by atoms with E-state index in [9.17, 15) is 5.26 Å². The standard InChI is InChI=1S/C16H15N5OS/c1-11-10-23-16(18-11)13-9-20(6-7-22-13)15-12(8-17)21-5-3-2-4-14(21)19-15/h2-5,10,13H,6-7,9H2,1H3/t13-/m1/s1. The van der Waals surface area contributed by atoms with Crippen molar-refractivity contribution in [3.63, 3.8) is 0 Å². The summed E-state index contributed by atoms with van der Waals surface area (Å²) in [6, 6.07) is 8.02. The van der Waals surface area contributed by atoms with E-state index < -0.39 is 0 Å². The Morgan fingerprint density at radius 2 is 2.30 bits per heavy atom. The predicted octanol–water partition coefficient (Wildman–Crippen LogP) is 2.55. The minimum Gasteiger partial charge on any atom is -0.367 e. The van der Waals surface area contributed by atoms with E-state index in [2.05, 4.69) is 20.9 Å². The molecule has 0 N–H and O–H groups in total. The van der Waals surface area contributed by atoms with Crippen molar-refractivity contribution in [1.29, 1.82) is 5.26 Å². The van der Waals surface area contributed by atoms with E-state index in [1.165, 1.54) is 0 Å². The normalized spacial score (nSPS) is 18.3. The van der Waals surface area contributed by atoms with Gasteiger partial charge in [0, 0.05) is 23.8 Å². The first-order valence-electron chi connectivity index (χ1n) is 7.42. The molecule has 0 aliphatic carbocycles. The van der Waals surface area contributed by atoms with Crippen LogP contribution in [0.25, 0.3) is 5.65 Å². The summed E-state index contributed by atoms with van der Waals surface area (Å²) in [5.41, 5.74) is 2.36. The molecule has 0 aromatic carbocycles. The molecule has 0 saturated carbocycles. The number of thiazole rings is 1. The smallest absolute Gasteiger partial charge is 0.169 e. The Balaban J connectivity index is 1.69. The molecule has 3 aromatic rings. The van der Waals surface area contributed by atoms with Gasteiger partial charge in [0.1, 0.15) is 22.8 Å². The summed E-state index contributed by atoms with van der Waals surface area (Å²) >= 11 is 1.61. The van der Waals surface area contributed by atoms with Gasteiger partial charge in [0.25, 0.3) is 0 Å². The second kappa shape index (κ2) is 5.65. The lowest BCUT2D eigenvalue weighted by Gasteiger charge is -2.32. The molecule has 1 atom stereocenters. The highest BCUT2D eigenvalue weighted by molar-refractivity contribution is 7.09. The van der Waals surface area contributed by atoms with E-state index in [0.29, 0.717) is 18.8 Å². The Hall–Kier alpha value is -2.43. The van der Waals surface area contributed by atoms with Gasteiger partial charge in [-0.25, -0.2) is 9.97 Å². The van der Waals surface area contributed by atoms with Crippen molar-refractivity contribution in [2.24, 2.45) is 0 Å². The van der Waals surface area contributed by atoms with E-state index in [0.717, 1.165) is 28.7 Å². The summed E-state index contributed by atoms with van der Waals surface area (Å²) in [7, 11) is 0. The number of aryl methyl sites for hydroxylation is 1. The summed E-state index contributed by atoms with van der Waals surface area (Å²) < 4.78 is 7.69. The molecule has 1 fully saturated rings. The van der Waals surface area contributed by atoms with E-state index >= 15 is 0 Å². The van der Waals surface area contributed by atoms with E-state index in [1.807, 2.05) is 41.1 Å². The van der Waals surface area contributed by atoms with Gasteiger partial charge in [-0.15, -0.1) is 11.3 Å². The summed E-state index contributed by atoms with van der Waals surface area (Å²) in [5.74, 6) is 0.722. The van der Waals surface area contributed by atoms with Crippen molar-refractivity contribution in [2.75, 3.05) is 24.6 Å². The molecule has 7 heteroatoms. The minimum absolute atomic E-state index is 0.0706. The number of anilines is 1. The van der Waals surface area contributed by atoms with Gasteiger partial charge < -0.3 is 9.64 Å². The monoisotopic (exact) mass is 325 g/mol. The highest BCUT2D eigenvalue weighted by Crippen LogP contribution is 2.29. The zero-order valence-electron chi connectivity index (χ0n) is 12.6. The third-order valence-corrected chi connectivity index (χ3v) is 4.95. The van der Waals surface area contributed by atoms with Crippen molar-refractivity contribution in [2.45, 2.75) is 13.0 Å². The van der Waals surface area contributed by atoms with Gasteiger partial charge in [-0.3, -0.25) is 4.40 Å². The van der Waals surface area contributed by atoms with Gasteiger partial charge in [0.05, 0.1) is 13.2 Å². The van der Waals surface area contributed by atoms with Gasteiger partial charge in [0.2, 0.25) is 0 Å². The minimum atomic E-state index is -0.0706. The first-order chi connectivity index (χ1) is 11.3. The molecule has 23 heavy (non-hydrogen) atoms. The average Bonchev–Trinajstić information content (AvgIpc) is 3.18. The molecule has 4 heterocycles. The van der Waals surface area contributed by atoms with Crippen molar-refractivity contribution in [3.05, 3.63) is 46.2 Å². The first kappa shape index (κ1) is 14.2. The van der Waals surface area contributed by atoms with Gasteiger partial charge in [-0.2, -0.15) is 5.26 Å². The SMILES string of the molecule is Cc1csc([C@H]2CN(c3nc4ccccn4c3C#N)CCO2)n1. The third kappa shape index (κ3) is 2.46. The van der Waals surface area contributed by atoms with Crippen LogP contribution in [0.3, 0.4) is 0 Å². The summed E-state index contributed by atoms with van der Waals surface area (Å²) in [5, 5.41) is 12.6. The van der Waals surface area contributed by atoms with Gasteiger partial charge >= 0.3 is 0 Å². The highest BCUT2D eigenvalue weighted by atomic mass is 32.1. The molecule has 0 radical (unpaired) electrons. The van der Waals surface area contributed by atoms with Crippen molar-refractivity contribution in [3.8, 4) is 6.07 Å². The fraction of sp³-hybridized carbons (Fsp3) is 0.312. The second-order valence-electron chi connectivity index (χ2n) is 5.46. The predicted molar refractivity (Wildman–Crippen MR) is 87.7 cm³/mol. The number of hydrogen-bond donors (Lipinski definition) is 0. The lowest BCUT2D eigenvalue weighted by molar-refractivity contribution is 0.0393. The fourth-order valence-electron chi connectivity index (χ4n) is 2.82. The zero-order chi connectivity index (χ0) is 15.8. The van der Waals surface area contributed by atoms with Crippen LogP contribution < -0.4 is 4.90 Å². The molecule has 1 aliphatic rings. The summed E-state index contributed by atoms with van der Waals surface area (Å²) in [6.07, 6.45) is 1.80. The van der Waals surface area contributed by atoms with E-state index in [1.54, 1.807) is 11.3 Å². The Kier molecular flexibility index (Phi) is 3.48. The highest BCUT2D eigenvalue weighted by Gasteiger charge is 2.28. The van der Waals surface area contributed by atoms with Crippen molar-refractivity contribution in [1.82, 2.24) is 14.4 Å². The molecule has 0 bridgehead atoms. The van der Waals surface area contributed by atoms with Crippen LogP contribution in [0.5, 0.6) is 0 Å². The number of hydrogen-bond acceptors (Lipinski definition) is 6. The Bertz CT molecular complexity index is 893. The van der Waals surface area contributed by atoms with Crippen LogP contribution in [0.15, 0.2) is 29.8 Å². The van der Waals surface area contributed by atoms with Crippen LogP contribution in [0.4, 0.5) is 5.82 Å². The maximum atomic E-state index is 9.54. The zero-order valence-corrected chi connectivity index (χ0v) is 13.5. The maximum absolute atomic E-state index is 9.54. The van der Waals surface area contributed by atoms with Crippen LogP contribution in [-0.2, 0) is 4.74 Å². The number of imidazole rings is 1. The van der Waals surface area contributed by atoms with Crippen LogP contribution in [-0.4, -0.2) is 34.1 Å². The second-order valence-corrected chi connectivity index (χ2v) is 6.35. The van der Waals surface area contributed by atoms with Crippen LogP contribution >= 0.6 is 11.3 Å². The number of fused-ring (bicyclic) bond motifs is 1. The quantitative estimate of drug-likeness (QED) is 0.724. The Labute approximate surface area is 137 Å². The lowest BCUT2D eigenvalue weighted by Crippen LogP contribution is -2.39. The summed E-state index contributed by atoms with van der Waals surface area (Å²) in [4.78, 5) is 11.3. The molecule has 1 aliphatic heterocycles. The molecular formula is C16H15N5OS. The van der Waals surface area contributed by atoms with Crippen LogP contribution in [0.2, 0.25) is 0 Å². The Morgan fingerprint density at radius 1 is 1.39 bits per heavy atom. The molecule has 4 rings (SSSR count). The molecule has 1 saturated heterocycles. The van der Waals surface area contributed by atoms with E-state index in [-0.39, 0.29) is 6.10 Å². The van der Waals surface area contributed by atoms with Crippen molar-refractivity contribution < 1.29 is 4.74 Å². The molecule has 0 spiro atoms. The molecule has 3 aromatic heterocycles. The largest absolute Gasteiger partial charge is 0.367 e. The lowest BCUT2D eigenvalue weighted by atomic mass is 10.2. The van der Waals surface area contributed by atoms with E-state index in [4.69, 9.17) is 4.74 Å². The molecule has 6 nitrogen and oxygen atoms in total. The summed E-state index contributed by atoms with van der Waals surface area (Å²) in [6.45, 7) is 3.96. The number of aromatic nitrogens is 3. The van der Waals surface area contributed by atoms with Gasteiger partial charge in [-0.05, 0) is 19.1 Å². The molecule has 0 unspecified atom stereocenters. The van der Waals surface area contributed by atoms with Crippen LogP contribution in [0, 0.1) is 18.3 Å². The average molecular weight is 325 g/mol.